The van der Waals surface area contributed by atoms with Gasteiger partial charge in [-0.1, -0.05) is 23.7 Å². The molecule has 0 aliphatic heterocycles. The monoisotopic (exact) mass is 264 g/mol. The highest BCUT2D eigenvalue weighted by Gasteiger charge is 2.05. The minimum atomic E-state index is -0.275. The number of hydrogen-bond donors (Lipinski definition) is 1. The minimum absolute atomic E-state index is 0.275. The van der Waals surface area contributed by atoms with Gasteiger partial charge in [-0.2, -0.15) is 0 Å². The fourth-order valence-electron chi connectivity index (χ4n) is 1.85. The van der Waals surface area contributed by atoms with Crippen molar-refractivity contribution >= 4 is 11.6 Å². The number of halogens is 1. The molecule has 0 saturated carbocycles. The van der Waals surface area contributed by atoms with E-state index < -0.39 is 0 Å². The van der Waals surface area contributed by atoms with Crippen LogP contribution in [0.1, 0.15) is 18.4 Å². The third-order valence-electron chi connectivity index (χ3n) is 2.96. The van der Waals surface area contributed by atoms with Crippen LogP contribution in [0.4, 0.5) is 0 Å². The summed E-state index contributed by atoms with van der Waals surface area (Å²) in [6, 6.07) is 7.78. The average Bonchev–Trinajstić information content (AvgIpc) is 2.89. The molecule has 1 N–H and O–H groups in total. The Morgan fingerprint density at radius 2 is 2.00 bits per heavy atom. The summed E-state index contributed by atoms with van der Waals surface area (Å²) in [5, 5.41) is 10.7. The summed E-state index contributed by atoms with van der Waals surface area (Å²) in [6.07, 6.45) is 7.56. The van der Waals surface area contributed by atoms with Gasteiger partial charge in [0.05, 0.1) is 12.4 Å². The Morgan fingerprint density at radius 1 is 1.22 bits per heavy atom. The van der Waals surface area contributed by atoms with E-state index in [1.807, 2.05) is 35.0 Å². The number of imidazole rings is 1. The van der Waals surface area contributed by atoms with Crippen molar-refractivity contribution in [2.75, 3.05) is 0 Å². The van der Waals surface area contributed by atoms with E-state index in [0.717, 1.165) is 30.8 Å². The summed E-state index contributed by atoms with van der Waals surface area (Å²) in [7, 11) is 0. The molecule has 0 aliphatic rings. The molecule has 0 aliphatic carbocycles. The van der Waals surface area contributed by atoms with E-state index in [2.05, 4.69) is 4.98 Å². The lowest BCUT2D eigenvalue weighted by atomic mass is 10.1. The lowest BCUT2D eigenvalue weighted by Crippen LogP contribution is -2.11. The van der Waals surface area contributed by atoms with Crippen molar-refractivity contribution in [3.8, 4) is 0 Å². The number of benzene rings is 1. The molecular formula is C14H17ClN2O. The number of aliphatic hydroxyl groups excluding tert-OH is 1. The van der Waals surface area contributed by atoms with Crippen LogP contribution in [0.15, 0.2) is 43.0 Å². The lowest BCUT2D eigenvalue weighted by Gasteiger charge is -2.10. The standard InChI is InChI=1S/C14H17ClN2O/c15-13-4-1-12(2-5-13)3-6-14(18)7-9-17-10-8-16-11-17/h1-2,4-5,8,10-11,14,18H,3,6-7,9H2. The van der Waals surface area contributed by atoms with Gasteiger partial charge < -0.3 is 9.67 Å². The van der Waals surface area contributed by atoms with Crippen molar-refractivity contribution < 1.29 is 5.11 Å². The summed E-state index contributed by atoms with van der Waals surface area (Å²) < 4.78 is 1.98. The van der Waals surface area contributed by atoms with E-state index in [1.54, 1.807) is 12.5 Å². The van der Waals surface area contributed by atoms with Gasteiger partial charge in [0.2, 0.25) is 0 Å². The summed E-state index contributed by atoms with van der Waals surface area (Å²) in [4.78, 5) is 3.97. The van der Waals surface area contributed by atoms with Gasteiger partial charge in [0.25, 0.3) is 0 Å². The van der Waals surface area contributed by atoms with Gasteiger partial charge >= 0.3 is 0 Å². The second-order valence-corrected chi connectivity index (χ2v) is 4.84. The van der Waals surface area contributed by atoms with Crippen LogP contribution in [0, 0.1) is 0 Å². The maximum atomic E-state index is 9.90. The van der Waals surface area contributed by atoms with Crippen molar-refractivity contribution in [3.05, 3.63) is 53.6 Å². The van der Waals surface area contributed by atoms with E-state index in [-0.39, 0.29) is 6.10 Å². The van der Waals surface area contributed by atoms with Gasteiger partial charge in [-0.05, 0) is 37.0 Å². The second kappa shape index (κ2) is 6.57. The molecule has 0 fully saturated rings. The van der Waals surface area contributed by atoms with Crippen LogP contribution in [0.2, 0.25) is 5.02 Å². The van der Waals surface area contributed by atoms with E-state index in [9.17, 15) is 5.11 Å². The molecule has 0 saturated heterocycles. The van der Waals surface area contributed by atoms with Crippen molar-refractivity contribution in [2.45, 2.75) is 31.9 Å². The first-order chi connectivity index (χ1) is 8.74. The highest BCUT2D eigenvalue weighted by atomic mass is 35.5. The minimum Gasteiger partial charge on any atom is -0.393 e. The molecule has 3 nitrogen and oxygen atoms in total. The predicted molar refractivity (Wildman–Crippen MR) is 72.6 cm³/mol. The fourth-order valence-corrected chi connectivity index (χ4v) is 1.97. The molecule has 2 aromatic rings. The Hall–Kier alpha value is -1.32. The third kappa shape index (κ3) is 4.17. The van der Waals surface area contributed by atoms with Gasteiger partial charge in [-0.15, -0.1) is 0 Å². The number of aromatic nitrogens is 2. The number of aliphatic hydroxyl groups is 1. The molecule has 1 atom stereocenters. The zero-order valence-electron chi connectivity index (χ0n) is 10.2. The molecule has 0 bridgehead atoms. The molecule has 1 heterocycles. The zero-order valence-corrected chi connectivity index (χ0v) is 10.9. The van der Waals surface area contributed by atoms with Gasteiger partial charge in [0.1, 0.15) is 0 Å². The predicted octanol–water partition coefficient (Wildman–Crippen LogP) is 2.92. The van der Waals surface area contributed by atoms with Crippen molar-refractivity contribution in [3.63, 3.8) is 0 Å². The molecule has 1 unspecified atom stereocenters. The van der Waals surface area contributed by atoms with E-state index in [4.69, 9.17) is 11.6 Å². The lowest BCUT2D eigenvalue weighted by molar-refractivity contribution is 0.149. The van der Waals surface area contributed by atoms with Crippen molar-refractivity contribution in [2.24, 2.45) is 0 Å². The molecule has 96 valence electrons. The quantitative estimate of drug-likeness (QED) is 0.871. The molecular weight excluding hydrogens is 248 g/mol. The van der Waals surface area contributed by atoms with Gasteiger partial charge in [-0.25, -0.2) is 4.98 Å². The number of nitrogens with zero attached hydrogens (tertiary/aromatic N) is 2. The van der Waals surface area contributed by atoms with Gasteiger partial charge in [-0.3, -0.25) is 0 Å². The molecule has 2 rings (SSSR count). The Bertz CT molecular complexity index is 453. The fraction of sp³-hybridized carbons (Fsp3) is 0.357. The zero-order chi connectivity index (χ0) is 12.8. The highest BCUT2D eigenvalue weighted by molar-refractivity contribution is 6.30. The summed E-state index contributed by atoms with van der Waals surface area (Å²) in [5.41, 5.74) is 1.21. The van der Waals surface area contributed by atoms with Gasteiger partial charge in [0, 0.05) is 24.0 Å². The summed E-state index contributed by atoms with van der Waals surface area (Å²) in [6.45, 7) is 0.807. The van der Waals surface area contributed by atoms with Crippen LogP contribution < -0.4 is 0 Å². The van der Waals surface area contributed by atoms with E-state index in [0.29, 0.717) is 0 Å². The van der Waals surface area contributed by atoms with Crippen molar-refractivity contribution in [1.82, 2.24) is 9.55 Å². The average molecular weight is 265 g/mol. The van der Waals surface area contributed by atoms with Crippen molar-refractivity contribution in [1.29, 1.82) is 0 Å². The van der Waals surface area contributed by atoms with Crippen LogP contribution in [-0.2, 0) is 13.0 Å². The molecule has 1 aromatic carbocycles. The third-order valence-corrected chi connectivity index (χ3v) is 3.21. The number of rotatable bonds is 6. The maximum Gasteiger partial charge on any atom is 0.0945 e. The summed E-state index contributed by atoms with van der Waals surface area (Å²) in [5.74, 6) is 0. The Morgan fingerprint density at radius 3 is 2.67 bits per heavy atom. The maximum absolute atomic E-state index is 9.90. The summed E-state index contributed by atoms with van der Waals surface area (Å²) >= 11 is 5.82. The number of aryl methyl sites for hydroxylation is 2. The molecule has 0 amide bonds. The normalized spacial score (nSPS) is 12.6. The SMILES string of the molecule is OC(CCc1ccc(Cl)cc1)CCn1ccnc1. The molecule has 0 spiro atoms. The van der Waals surface area contributed by atoms with Crippen LogP contribution in [0.3, 0.4) is 0 Å². The van der Waals surface area contributed by atoms with Crippen LogP contribution >= 0.6 is 11.6 Å². The highest BCUT2D eigenvalue weighted by Crippen LogP contribution is 2.12. The topological polar surface area (TPSA) is 38.0 Å². The molecule has 18 heavy (non-hydrogen) atoms. The first-order valence-corrected chi connectivity index (χ1v) is 6.50. The first-order valence-electron chi connectivity index (χ1n) is 6.12. The second-order valence-electron chi connectivity index (χ2n) is 4.41. The first kappa shape index (κ1) is 13.1. The smallest absolute Gasteiger partial charge is 0.0945 e. The van der Waals surface area contributed by atoms with E-state index in [1.165, 1.54) is 5.56 Å². The van der Waals surface area contributed by atoms with Gasteiger partial charge in [0.15, 0.2) is 0 Å². The molecule has 4 heteroatoms. The van der Waals surface area contributed by atoms with E-state index >= 15 is 0 Å². The van der Waals surface area contributed by atoms with Crippen LogP contribution in [0.5, 0.6) is 0 Å². The van der Waals surface area contributed by atoms with Crippen LogP contribution in [-0.4, -0.2) is 20.8 Å². The van der Waals surface area contributed by atoms with Crippen LogP contribution in [0.25, 0.3) is 0 Å². The molecule has 1 aromatic heterocycles. The Labute approximate surface area is 112 Å². The largest absolute Gasteiger partial charge is 0.393 e. The molecule has 0 radical (unpaired) electrons. The Balaban J connectivity index is 1.71. The number of hydrogen-bond acceptors (Lipinski definition) is 2. The Kier molecular flexibility index (Phi) is 4.79.